The second kappa shape index (κ2) is 11.2. The summed E-state index contributed by atoms with van der Waals surface area (Å²) >= 11 is 6.10. The van der Waals surface area contributed by atoms with Crippen molar-refractivity contribution < 1.29 is 31.5 Å². The van der Waals surface area contributed by atoms with Gasteiger partial charge in [-0.1, -0.05) is 37.1 Å². The van der Waals surface area contributed by atoms with E-state index in [-0.39, 0.29) is 26.9 Å². The summed E-state index contributed by atoms with van der Waals surface area (Å²) in [4.78, 5) is 12.2. The van der Waals surface area contributed by atoms with Crippen molar-refractivity contribution in [2.75, 3.05) is 11.1 Å². The zero-order valence-electron chi connectivity index (χ0n) is 18.3. The Labute approximate surface area is 196 Å². The number of carbonyl (C=O) groups excluding carboxylic acids is 1. The van der Waals surface area contributed by atoms with Crippen molar-refractivity contribution in [1.29, 1.82) is 0 Å². The molecule has 2 rings (SSSR count). The second-order valence-corrected chi connectivity index (χ2v) is 10.1. The van der Waals surface area contributed by atoms with Gasteiger partial charge in [0.25, 0.3) is 5.91 Å². The number of sulfone groups is 1. The number of amides is 1. The zero-order chi connectivity index (χ0) is 24.9. The second-order valence-electron chi connectivity index (χ2n) is 7.67. The summed E-state index contributed by atoms with van der Waals surface area (Å²) in [5.74, 6) is -6.21. The summed E-state index contributed by atoms with van der Waals surface area (Å²) in [5.41, 5.74) is 0.318. The quantitative estimate of drug-likeness (QED) is 0.348. The van der Waals surface area contributed by atoms with Crippen LogP contribution in [-0.4, -0.2) is 31.3 Å². The van der Waals surface area contributed by atoms with Gasteiger partial charge in [0.2, 0.25) is 0 Å². The Hall–Kier alpha value is -2.36. The fraction of sp³-hybridized carbons (Fsp3) is 0.348. The number of nitrogens with one attached hydrogen (secondary N) is 1. The minimum atomic E-state index is -3.94. The van der Waals surface area contributed by atoms with Crippen LogP contribution in [0.1, 0.15) is 44.0 Å². The third-order valence-corrected chi connectivity index (χ3v) is 7.57. The van der Waals surface area contributed by atoms with Gasteiger partial charge in [0, 0.05) is 23.4 Å². The standard InChI is InChI=1S/C23H25ClF3NO4S/c1-4-14(8-17(29)5-2)13(3)12-33(31,32)21-9-15(6-7-18(21)24)23(30)28-16-10-19(25)22(27)20(26)11-16/h4,6-7,9-11,13,17,29H,5,8,12H2,1-3H3,(H,28,30)/b14-4-/t13-,17-/m0/s1. The molecule has 5 nitrogen and oxygen atoms in total. The molecule has 0 saturated carbocycles. The Morgan fingerprint density at radius 1 is 1.18 bits per heavy atom. The maximum atomic E-state index is 13.4. The van der Waals surface area contributed by atoms with Crippen LogP contribution in [0.25, 0.3) is 0 Å². The van der Waals surface area contributed by atoms with Crippen molar-refractivity contribution in [3.63, 3.8) is 0 Å². The molecule has 0 radical (unpaired) electrons. The Morgan fingerprint density at radius 3 is 2.33 bits per heavy atom. The Bertz CT molecular complexity index is 1150. The third-order valence-electron chi connectivity index (χ3n) is 5.19. The molecule has 10 heteroatoms. The Morgan fingerprint density at radius 2 is 1.79 bits per heavy atom. The van der Waals surface area contributed by atoms with E-state index in [1.165, 1.54) is 12.1 Å². The minimum Gasteiger partial charge on any atom is -0.393 e. The highest BCUT2D eigenvalue weighted by Crippen LogP contribution is 2.28. The van der Waals surface area contributed by atoms with E-state index in [9.17, 15) is 31.5 Å². The molecule has 0 spiro atoms. The SMILES string of the molecule is C/C=C(/C[C@@H](O)CC)[C@@H](C)CS(=O)(=O)c1cc(C(=O)Nc2cc(F)c(F)c(F)c2)ccc1Cl. The summed E-state index contributed by atoms with van der Waals surface area (Å²) in [7, 11) is -3.94. The van der Waals surface area contributed by atoms with Crippen molar-refractivity contribution in [1.82, 2.24) is 0 Å². The van der Waals surface area contributed by atoms with Crippen LogP contribution in [0, 0.1) is 23.4 Å². The van der Waals surface area contributed by atoms with E-state index in [1.807, 2.05) is 6.92 Å². The molecule has 180 valence electrons. The van der Waals surface area contributed by atoms with Crippen LogP contribution in [-0.2, 0) is 9.84 Å². The van der Waals surface area contributed by atoms with E-state index in [2.05, 4.69) is 5.32 Å². The largest absolute Gasteiger partial charge is 0.393 e. The molecule has 0 aliphatic carbocycles. The number of rotatable bonds is 9. The molecular weight excluding hydrogens is 479 g/mol. The van der Waals surface area contributed by atoms with E-state index in [4.69, 9.17) is 11.6 Å². The van der Waals surface area contributed by atoms with E-state index in [1.54, 1.807) is 19.9 Å². The highest BCUT2D eigenvalue weighted by atomic mass is 35.5. The molecule has 2 aromatic rings. The first-order chi connectivity index (χ1) is 15.4. The molecule has 2 aromatic carbocycles. The number of aliphatic hydroxyl groups excluding tert-OH is 1. The molecule has 2 atom stereocenters. The summed E-state index contributed by atoms with van der Waals surface area (Å²) < 4.78 is 66.0. The molecule has 0 unspecified atom stereocenters. The van der Waals surface area contributed by atoms with Crippen LogP contribution in [0.5, 0.6) is 0 Å². The molecule has 1 amide bonds. The molecular formula is C23H25ClF3NO4S. The Kier molecular flexibility index (Phi) is 9.11. The summed E-state index contributed by atoms with van der Waals surface area (Å²) in [6.07, 6.45) is 2.05. The Balaban J connectivity index is 2.28. The number of aliphatic hydroxyl groups is 1. The molecule has 2 N–H and O–H groups in total. The number of halogens is 4. The normalized spacial score (nSPS) is 14.1. The number of allylic oxidation sites excluding steroid dienone is 1. The van der Waals surface area contributed by atoms with Gasteiger partial charge in [0.1, 0.15) is 0 Å². The monoisotopic (exact) mass is 503 g/mol. The fourth-order valence-corrected chi connectivity index (χ4v) is 5.45. The van der Waals surface area contributed by atoms with Gasteiger partial charge >= 0.3 is 0 Å². The summed E-state index contributed by atoms with van der Waals surface area (Å²) in [6.45, 7) is 5.31. The van der Waals surface area contributed by atoms with Crippen molar-refractivity contribution in [3.8, 4) is 0 Å². The lowest BCUT2D eigenvalue weighted by atomic mass is 9.96. The van der Waals surface area contributed by atoms with Crippen LogP contribution in [0.3, 0.4) is 0 Å². The van der Waals surface area contributed by atoms with Crippen molar-refractivity contribution in [2.24, 2.45) is 5.92 Å². The average Bonchev–Trinajstić information content (AvgIpc) is 2.75. The fourth-order valence-electron chi connectivity index (χ4n) is 3.26. The van der Waals surface area contributed by atoms with Crippen LogP contribution in [0.2, 0.25) is 5.02 Å². The molecule has 0 heterocycles. The molecule has 0 aliphatic heterocycles. The molecule has 0 saturated heterocycles. The molecule has 0 fully saturated rings. The van der Waals surface area contributed by atoms with Crippen molar-refractivity contribution >= 4 is 33.0 Å². The van der Waals surface area contributed by atoms with Crippen molar-refractivity contribution in [3.05, 3.63) is 70.0 Å². The van der Waals surface area contributed by atoms with Gasteiger partial charge in [-0.15, -0.1) is 0 Å². The molecule has 0 aromatic heterocycles. The lowest BCUT2D eigenvalue weighted by molar-refractivity contribution is 0.102. The van der Waals surface area contributed by atoms with E-state index < -0.39 is 45.2 Å². The van der Waals surface area contributed by atoms with E-state index >= 15 is 0 Å². The van der Waals surface area contributed by atoms with Crippen LogP contribution in [0.15, 0.2) is 46.9 Å². The van der Waals surface area contributed by atoms with Crippen LogP contribution >= 0.6 is 11.6 Å². The lowest BCUT2D eigenvalue weighted by Gasteiger charge is -2.19. The molecule has 33 heavy (non-hydrogen) atoms. The van der Waals surface area contributed by atoms with Gasteiger partial charge in [-0.3, -0.25) is 4.79 Å². The van der Waals surface area contributed by atoms with Gasteiger partial charge in [-0.2, -0.15) is 0 Å². The third kappa shape index (κ3) is 6.82. The maximum absolute atomic E-state index is 13.4. The summed E-state index contributed by atoms with van der Waals surface area (Å²) in [6, 6.07) is 4.78. The molecule has 0 aliphatic rings. The number of carbonyl (C=O) groups is 1. The highest BCUT2D eigenvalue weighted by molar-refractivity contribution is 7.91. The smallest absolute Gasteiger partial charge is 0.255 e. The number of hydrogen-bond acceptors (Lipinski definition) is 4. The topological polar surface area (TPSA) is 83.5 Å². The summed E-state index contributed by atoms with van der Waals surface area (Å²) in [5, 5.41) is 12.0. The van der Waals surface area contributed by atoms with Crippen LogP contribution < -0.4 is 5.32 Å². The predicted octanol–water partition coefficient (Wildman–Crippen LogP) is 5.53. The first-order valence-electron chi connectivity index (χ1n) is 10.2. The average molecular weight is 504 g/mol. The number of anilines is 1. The number of hydrogen-bond donors (Lipinski definition) is 2. The first-order valence-corrected chi connectivity index (χ1v) is 12.2. The predicted molar refractivity (Wildman–Crippen MR) is 122 cm³/mol. The van der Waals surface area contributed by atoms with Gasteiger partial charge in [-0.25, -0.2) is 21.6 Å². The van der Waals surface area contributed by atoms with Crippen molar-refractivity contribution in [2.45, 2.75) is 44.6 Å². The van der Waals surface area contributed by atoms with E-state index in [0.29, 0.717) is 25.0 Å². The maximum Gasteiger partial charge on any atom is 0.255 e. The lowest BCUT2D eigenvalue weighted by Crippen LogP contribution is -2.20. The van der Waals surface area contributed by atoms with Gasteiger partial charge in [0.05, 0.1) is 21.8 Å². The van der Waals surface area contributed by atoms with Gasteiger partial charge in [0.15, 0.2) is 27.3 Å². The number of benzene rings is 2. The van der Waals surface area contributed by atoms with Gasteiger partial charge in [-0.05, 0) is 43.9 Å². The minimum absolute atomic E-state index is 0.0896. The zero-order valence-corrected chi connectivity index (χ0v) is 19.9. The molecule has 0 bridgehead atoms. The van der Waals surface area contributed by atoms with Crippen LogP contribution in [0.4, 0.5) is 18.9 Å². The van der Waals surface area contributed by atoms with Gasteiger partial charge < -0.3 is 10.4 Å². The highest BCUT2D eigenvalue weighted by Gasteiger charge is 2.25. The first kappa shape index (κ1) is 26.9. The van der Waals surface area contributed by atoms with E-state index in [0.717, 1.165) is 11.6 Å².